The molecule has 15 heavy (non-hydrogen) atoms. The van der Waals surface area contributed by atoms with Crippen LogP contribution in [0.15, 0.2) is 12.3 Å². The van der Waals surface area contributed by atoms with Crippen molar-refractivity contribution in [3.63, 3.8) is 0 Å². The summed E-state index contributed by atoms with van der Waals surface area (Å²) in [6, 6.07) is 2.07. The Hall–Kier alpha value is -0.870. The molecule has 1 atom stereocenters. The Bertz CT molecular complexity index is 334. The molecule has 2 heterocycles. The van der Waals surface area contributed by atoms with Crippen molar-refractivity contribution in [1.29, 1.82) is 0 Å². The fourth-order valence-corrected chi connectivity index (χ4v) is 1.88. The Morgan fingerprint density at radius 2 is 2.53 bits per heavy atom. The quantitative estimate of drug-likeness (QED) is 0.713. The van der Waals surface area contributed by atoms with Crippen molar-refractivity contribution in [3.05, 3.63) is 18.0 Å². The number of ether oxygens (including phenoxy) is 1. The third-order valence-electron chi connectivity index (χ3n) is 2.44. The van der Waals surface area contributed by atoms with E-state index in [0.29, 0.717) is 19.1 Å². The molecule has 0 amide bonds. The highest BCUT2D eigenvalue weighted by atomic mass is 35.5. The molecule has 1 unspecified atom stereocenters. The summed E-state index contributed by atoms with van der Waals surface area (Å²) in [6.45, 7) is 4.13. The van der Waals surface area contributed by atoms with E-state index in [1.807, 2.05) is 13.0 Å². The number of aromatic nitrogens is 2. The zero-order valence-electron chi connectivity index (χ0n) is 8.69. The molecule has 1 saturated heterocycles. The highest BCUT2D eigenvalue weighted by Gasteiger charge is 2.24. The van der Waals surface area contributed by atoms with Crippen LogP contribution in [0.2, 0.25) is 0 Å². The zero-order valence-corrected chi connectivity index (χ0v) is 9.44. The van der Waals surface area contributed by atoms with Crippen LogP contribution in [-0.2, 0) is 4.74 Å². The summed E-state index contributed by atoms with van der Waals surface area (Å²) in [5, 5.41) is 0. The van der Waals surface area contributed by atoms with E-state index in [4.69, 9.17) is 16.3 Å². The molecule has 4 nitrogen and oxygen atoms in total. The Labute approximate surface area is 94.2 Å². The number of aryl methyl sites for hydroxylation is 1. The molecule has 0 bridgehead atoms. The maximum Gasteiger partial charge on any atom is 0.225 e. The predicted molar refractivity (Wildman–Crippen MR) is 59.4 cm³/mol. The molecule has 5 heteroatoms. The molecular weight excluding hydrogens is 214 g/mol. The van der Waals surface area contributed by atoms with Gasteiger partial charge in [-0.1, -0.05) is 0 Å². The minimum absolute atomic E-state index is 0.183. The van der Waals surface area contributed by atoms with Crippen LogP contribution in [0.5, 0.6) is 0 Å². The first-order valence-electron chi connectivity index (χ1n) is 5.01. The lowest BCUT2D eigenvalue weighted by atomic mass is 10.2. The minimum Gasteiger partial charge on any atom is -0.377 e. The summed E-state index contributed by atoms with van der Waals surface area (Å²) in [6.07, 6.45) is 1.78. The second-order valence-corrected chi connectivity index (χ2v) is 3.88. The predicted octanol–water partition coefficient (Wildman–Crippen LogP) is 1.23. The Morgan fingerprint density at radius 1 is 1.67 bits per heavy atom. The Morgan fingerprint density at radius 3 is 3.27 bits per heavy atom. The molecule has 0 spiro atoms. The number of halogens is 1. The largest absolute Gasteiger partial charge is 0.377 e. The van der Waals surface area contributed by atoms with E-state index in [9.17, 15) is 0 Å². The van der Waals surface area contributed by atoms with Gasteiger partial charge in [-0.05, 0) is 13.0 Å². The van der Waals surface area contributed by atoms with Gasteiger partial charge in [0.2, 0.25) is 5.95 Å². The average molecular weight is 228 g/mol. The van der Waals surface area contributed by atoms with Gasteiger partial charge >= 0.3 is 0 Å². The third kappa shape index (κ3) is 2.38. The molecule has 0 saturated carbocycles. The van der Waals surface area contributed by atoms with E-state index in [1.165, 1.54) is 0 Å². The van der Waals surface area contributed by atoms with Gasteiger partial charge in [0, 0.05) is 24.3 Å². The molecular formula is C10H14ClN3O. The van der Waals surface area contributed by atoms with Crippen LogP contribution in [-0.4, -0.2) is 41.6 Å². The van der Waals surface area contributed by atoms with E-state index in [-0.39, 0.29) is 6.04 Å². The second kappa shape index (κ2) is 4.77. The van der Waals surface area contributed by atoms with E-state index in [0.717, 1.165) is 18.2 Å². The van der Waals surface area contributed by atoms with Gasteiger partial charge in [0.05, 0.1) is 19.3 Å². The molecule has 0 N–H and O–H groups in total. The van der Waals surface area contributed by atoms with E-state index in [1.54, 1.807) is 6.20 Å². The summed E-state index contributed by atoms with van der Waals surface area (Å²) >= 11 is 5.89. The standard InChI is InChI=1S/C10H14ClN3O/c1-8-2-3-12-10(13-8)14-4-5-15-7-9(14)6-11/h2-3,9H,4-7H2,1H3. The highest BCUT2D eigenvalue weighted by molar-refractivity contribution is 6.18. The zero-order chi connectivity index (χ0) is 10.7. The number of hydrogen-bond donors (Lipinski definition) is 0. The minimum atomic E-state index is 0.183. The monoisotopic (exact) mass is 227 g/mol. The number of hydrogen-bond acceptors (Lipinski definition) is 4. The van der Waals surface area contributed by atoms with Gasteiger partial charge in [-0.3, -0.25) is 0 Å². The molecule has 0 aromatic carbocycles. The van der Waals surface area contributed by atoms with Crippen molar-refractivity contribution < 1.29 is 4.74 Å². The second-order valence-electron chi connectivity index (χ2n) is 3.57. The normalized spacial score (nSPS) is 21.7. The summed E-state index contributed by atoms with van der Waals surface area (Å²) in [5.74, 6) is 1.29. The summed E-state index contributed by atoms with van der Waals surface area (Å²) in [4.78, 5) is 10.8. The number of nitrogens with zero attached hydrogens (tertiary/aromatic N) is 3. The number of rotatable bonds is 2. The smallest absolute Gasteiger partial charge is 0.225 e. The van der Waals surface area contributed by atoms with Crippen molar-refractivity contribution in [2.45, 2.75) is 13.0 Å². The molecule has 1 aromatic rings. The lowest BCUT2D eigenvalue weighted by molar-refractivity contribution is 0.0989. The molecule has 1 fully saturated rings. The van der Waals surface area contributed by atoms with Gasteiger partial charge in [-0.15, -0.1) is 11.6 Å². The average Bonchev–Trinajstić information content (AvgIpc) is 2.29. The summed E-state index contributed by atoms with van der Waals surface area (Å²) in [5.41, 5.74) is 0.972. The fraction of sp³-hybridized carbons (Fsp3) is 0.600. The molecule has 0 radical (unpaired) electrons. The van der Waals surface area contributed by atoms with Crippen molar-refractivity contribution in [2.75, 3.05) is 30.5 Å². The molecule has 1 aliphatic rings. The van der Waals surface area contributed by atoms with Gasteiger partial charge < -0.3 is 9.64 Å². The number of alkyl halides is 1. The molecule has 0 aliphatic carbocycles. The Balaban J connectivity index is 2.20. The molecule has 1 aromatic heterocycles. The van der Waals surface area contributed by atoms with Crippen molar-refractivity contribution in [3.8, 4) is 0 Å². The van der Waals surface area contributed by atoms with Gasteiger partial charge in [0.1, 0.15) is 0 Å². The van der Waals surface area contributed by atoms with Crippen LogP contribution in [0.4, 0.5) is 5.95 Å². The van der Waals surface area contributed by atoms with Gasteiger partial charge in [-0.2, -0.15) is 0 Å². The lowest BCUT2D eigenvalue weighted by Crippen LogP contribution is -2.47. The van der Waals surface area contributed by atoms with Gasteiger partial charge in [0.15, 0.2) is 0 Å². The SMILES string of the molecule is Cc1ccnc(N2CCOCC2CCl)n1. The lowest BCUT2D eigenvalue weighted by Gasteiger charge is -2.34. The first kappa shape index (κ1) is 10.6. The van der Waals surface area contributed by atoms with Crippen LogP contribution >= 0.6 is 11.6 Å². The van der Waals surface area contributed by atoms with Crippen LogP contribution in [0.1, 0.15) is 5.69 Å². The first-order chi connectivity index (χ1) is 7.31. The molecule has 1 aliphatic heterocycles. The van der Waals surface area contributed by atoms with Crippen LogP contribution in [0.25, 0.3) is 0 Å². The number of anilines is 1. The Kier molecular flexibility index (Phi) is 3.38. The van der Waals surface area contributed by atoms with Gasteiger partial charge in [0.25, 0.3) is 0 Å². The summed E-state index contributed by atoms with van der Waals surface area (Å²) in [7, 11) is 0. The third-order valence-corrected chi connectivity index (χ3v) is 2.80. The first-order valence-corrected chi connectivity index (χ1v) is 5.54. The maximum atomic E-state index is 5.89. The van der Waals surface area contributed by atoms with Crippen LogP contribution in [0, 0.1) is 6.92 Å². The van der Waals surface area contributed by atoms with Crippen molar-refractivity contribution in [1.82, 2.24) is 9.97 Å². The van der Waals surface area contributed by atoms with E-state index < -0.39 is 0 Å². The van der Waals surface area contributed by atoms with E-state index in [2.05, 4.69) is 14.9 Å². The highest BCUT2D eigenvalue weighted by Crippen LogP contribution is 2.15. The van der Waals surface area contributed by atoms with Crippen LogP contribution < -0.4 is 4.90 Å². The number of morpholine rings is 1. The van der Waals surface area contributed by atoms with Crippen molar-refractivity contribution >= 4 is 17.5 Å². The maximum absolute atomic E-state index is 5.89. The van der Waals surface area contributed by atoms with Crippen molar-refractivity contribution in [2.24, 2.45) is 0 Å². The molecule has 82 valence electrons. The fourth-order valence-electron chi connectivity index (χ4n) is 1.62. The van der Waals surface area contributed by atoms with Gasteiger partial charge in [-0.25, -0.2) is 9.97 Å². The van der Waals surface area contributed by atoms with E-state index >= 15 is 0 Å². The molecule has 2 rings (SSSR count). The topological polar surface area (TPSA) is 38.2 Å². The van der Waals surface area contributed by atoms with Crippen LogP contribution in [0.3, 0.4) is 0 Å². The summed E-state index contributed by atoms with van der Waals surface area (Å²) < 4.78 is 5.37.